The molecule has 1 aliphatic rings. The molecule has 0 radical (unpaired) electrons. The molecule has 1 saturated heterocycles. The Hall–Kier alpha value is -3.78. The molecule has 4 aromatic rings. The van der Waals surface area contributed by atoms with E-state index in [0.29, 0.717) is 47.4 Å². The summed E-state index contributed by atoms with van der Waals surface area (Å²) in [6, 6.07) is 9.62. The molecule has 1 amide bonds. The quantitative estimate of drug-likeness (QED) is 0.396. The van der Waals surface area contributed by atoms with Gasteiger partial charge in [0, 0.05) is 30.9 Å². The highest BCUT2D eigenvalue weighted by Gasteiger charge is 2.30. The van der Waals surface area contributed by atoms with Crippen LogP contribution < -0.4 is 5.69 Å². The van der Waals surface area contributed by atoms with Gasteiger partial charge in [0.05, 0.1) is 34.0 Å². The Morgan fingerprint density at radius 1 is 1.12 bits per heavy atom. The number of amides is 1. The van der Waals surface area contributed by atoms with Crippen molar-refractivity contribution in [2.75, 3.05) is 13.1 Å². The van der Waals surface area contributed by atoms with E-state index >= 15 is 0 Å². The van der Waals surface area contributed by atoms with Crippen LogP contribution in [0.4, 0.5) is 8.78 Å². The lowest BCUT2D eigenvalue weighted by atomic mass is 10.0. The highest BCUT2D eigenvalue weighted by atomic mass is 35.5. The van der Waals surface area contributed by atoms with Crippen LogP contribution >= 0.6 is 11.6 Å². The van der Waals surface area contributed by atoms with Gasteiger partial charge in [-0.1, -0.05) is 24.2 Å². The maximum atomic E-state index is 13.7. The molecular formula is C25H19ClF2N4O2. The first-order chi connectivity index (χ1) is 16.4. The maximum absolute atomic E-state index is 13.7. The van der Waals surface area contributed by atoms with Crippen molar-refractivity contribution in [1.82, 2.24) is 19.0 Å². The van der Waals surface area contributed by atoms with Crippen LogP contribution in [0.2, 0.25) is 5.02 Å². The number of pyridine rings is 1. The van der Waals surface area contributed by atoms with Crippen LogP contribution in [0, 0.1) is 11.6 Å². The zero-order valence-electron chi connectivity index (χ0n) is 17.9. The van der Waals surface area contributed by atoms with Crippen LogP contribution in [0.1, 0.15) is 12.5 Å². The lowest BCUT2D eigenvalue weighted by Gasteiger charge is -2.15. The number of carbonyl (C=O) groups is 1. The molecule has 0 unspecified atom stereocenters. The molecule has 0 N–H and O–H groups in total. The van der Waals surface area contributed by atoms with Gasteiger partial charge < -0.3 is 4.90 Å². The number of carbonyl (C=O) groups excluding carboxylic acids is 1. The van der Waals surface area contributed by atoms with E-state index in [0.717, 1.165) is 6.07 Å². The summed E-state index contributed by atoms with van der Waals surface area (Å²) in [5.74, 6) is -1.58. The Morgan fingerprint density at radius 3 is 2.59 bits per heavy atom. The molecule has 6 nitrogen and oxygen atoms in total. The summed E-state index contributed by atoms with van der Waals surface area (Å²) in [4.78, 5) is 31.5. The van der Waals surface area contributed by atoms with E-state index in [-0.39, 0.29) is 22.7 Å². The van der Waals surface area contributed by atoms with Gasteiger partial charge in [0.1, 0.15) is 11.6 Å². The summed E-state index contributed by atoms with van der Waals surface area (Å²) < 4.78 is 30.6. The van der Waals surface area contributed by atoms with Gasteiger partial charge in [-0.2, -0.15) is 0 Å². The first-order valence-corrected chi connectivity index (χ1v) is 11.0. The fraction of sp³-hybridized carbons (Fsp3) is 0.160. The van der Waals surface area contributed by atoms with Crippen molar-refractivity contribution in [3.05, 3.63) is 94.7 Å². The van der Waals surface area contributed by atoms with Crippen LogP contribution in [0.15, 0.2) is 72.3 Å². The summed E-state index contributed by atoms with van der Waals surface area (Å²) >= 11 is 6.49. The van der Waals surface area contributed by atoms with Gasteiger partial charge in [-0.15, -0.1) is 0 Å². The number of halogens is 3. The van der Waals surface area contributed by atoms with Crippen molar-refractivity contribution in [3.63, 3.8) is 0 Å². The van der Waals surface area contributed by atoms with E-state index in [2.05, 4.69) is 11.6 Å². The summed E-state index contributed by atoms with van der Waals surface area (Å²) in [5.41, 5.74) is 2.20. The molecule has 3 heterocycles. The van der Waals surface area contributed by atoms with E-state index in [1.165, 1.54) is 22.8 Å². The number of hydrogen-bond donors (Lipinski definition) is 0. The topological polar surface area (TPSA) is 60.1 Å². The summed E-state index contributed by atoms with van der Waals surface area (Å²) in [6.45, 7) is 4.47. The second-order valence-electron chi connectivity index (χ2n) is 8.11. The molecule has 34 heavy (non-hydrogen) atoms. The van der Waals surface area contributed by atoms with Gasteiger partial charge in [-0.3, -0.25) is 18.9 Å². The molecule has 1 fully saturated rings. The SMILES string of the molecule is C=CC(=O)N1CC[C@@H](n2c(=O)n(-c3ccc(-c4cc(F)cc(F)c4)c(Cl)c3)c3cnccc32)C1. The molecule has 0 bridgehead atoms. The number of benzene rings is 2. The van der Waals surface area contributed by atoms with Gasteiger partial charge in [-0.05, 0) is 48.4 Å². The Labute approximate surface area is 198 Å². The number of nitrogens with zero attached hydrogens (tertiary/aromatic N) is 4. The third-order valence-electron chi connectivity index (χ3n) is 6.07. The largest absolute Gasteiger partial charge is 0.337 e. The Kier molecular flexibility index (Phi) is 5.53. The zero-order valence-corrected chi connectivity index (χ0v) is 18.7. The summed E-state index contributed by atoms with van der Waals surface area (Å²) in [7, 11) is 0. The third-order valence-corrected chi connectivity index (χ3v) is 6.39. The average Bonchev–Trinajstić information content (AvgIpc) is 3.39. The van der Waals surface area contributed by atoms with Crippen LogP contribution in [0.5, 0.6) is 0 Å². The molecule has 172 valence electrons. The second kappa shape index (κ2) is 8.53. The lowest BCUT2D eigenvalue weighted by Crippen LogP contribution is -2.31. The Morgan fingerprint density at radius 2 is 1.88 bits per heavy atom. The lowest BCUT2D eigenvalue weighted by molar-refractivity contribution is -0.125. The number of likely N-dealkylation sites (tertiary alicyclic amines) is 1. The molecule has 5 rings (SSSR count). The molecule has 0 aliphatic carbocycles. The van der Waals surface area contributed by atoms with Crippen molar-refractivity contribution in [3.8, 4) is 16.8 Å². The van der Waals surface area contributed by atoms with E-state index in [1.807, 2.05) is 0 Å². The minimum absolute atomic E-state index is 0.169. The standard InChI is InChI=1S/C25H19ClF2N4O2/c1-2-24(33)30-8-6-19(14-30)32-22-5-7-29-13-23(22)31(25(32)34)18-3-4-20(21(26)12-18)15-9-16(27)11-17(28)10-15/h2-5,7,9-13,19H,1,6,8,14H2/t19-/m1/s1. The van der Waals surface area contributed by atoms with E-state index in [9.17, 15) is 18.4 Å². The molecular weight excluding hydrogens is 462 g/mol. The highest BCUT2D eigenvalue weighted by molar-refractivity contribution is 6.33. The molecule has 1 aliphatic heterocycles. The van der Waals surface area contributed by atoms with E-state index < -0.39 is 11.6 Å². The minimum atomic E-state index is -0.707. The predicted octanol–water partition coefficient (Wildman–Crippen LogP) is 4.75. The average molecular weight is 481 g/mol. The number of hydrogen-bond acceptors (Lipinski definition) is 3. The monoisotopic (exact) mass is 480 g/mol. The normalized spacial score (nSPS) is 15.7. The summed E-state index contributed by atoms with van der Waals surface area (Å²) in [6.07, 6.45) is 5.11. The fourth-order valence-electron chi connectivity index (χ4n) is 4.54. The number of rotatable bonds is 4. The van der Waals surface area contributed by atoms with Crippen molar-refractivity contribution < 1.29 is 13.6 Å². The minimum Gasteiger partial charge on any atom is -0.337 e. The number of imidazole rings is 1. The van der Waals surface area contributed by atoms with Crippen LogP contribution in [-0.2, 0) is 4.79 Å². The van der Waals surface area contributed by atoms with Crippen molar-refractivity contribution in [1.29, 1.82) is 0 Å². The predicted molar refractivity (Wildman–Crippen MR) is 126 cm³/mol. The van der Waals surface area contributed by atoms with Crippen LogP contribution in [0.25, 0.3) is 27.8 Å². The Balaban J connectivity index is 1.61. The van der Waals surface area contributed by atoms with Crippen molar-refractivity contribution in [2.24, 2.45) is 0 Å². The van der Waals surface area contributed by atoms with E-state index in [1.54, 1.807) is 46.1 Å². The van der Waals surface area contributed by atoms with E-state index in [4.69, 9.17) is 11.6 Å². The molecule has 9 heteroatoms. The highest BCUT2D eigenvalue weighted by Crippen LogP contribution is 2.32. The maximum Gasteiger partial charge on any atom is 0.334 e. The van der Waals surface area contributed by atoms with Gasteiger partial charge in [-0.25, -0.2) is 13.6 Å². The molecule has 2 aromatic heterocycles. The Bertz CT molecular complexity index is 1490. The second-order valence-corrected chi connectivity index (χ2v) is 8.51. The molecule has 0 saturated carbocycles. The van der Waals surface area contributed by atoms with Gasteiger partial charge >= 0.3 is 5.69 Å². The van der Waals surface area contributed by atoms with Gasteiger partial charge in [0.15, 0.2) is 0 Å². The zero-order chi connectivity index (χ0) is 24.0. The smallest absolute Gasteiger partial charge is 0.334 e. The first kappa shape index (κ1) is 22.0. The molecule has 1 atom stereocenters. The first-order valence-electron chi connectivity index (χ1n) is 10.6. The number of fused-ring (bicyclic) bond motifs is 1. The van der Waals surface area contributed by atoms with Crippen molar-refractivity contribution >= 4 is 28.5 Å². The molecule has 0 spiro atoms. The fourth-order valence-corrected chi connectivity index (χ4v) is 4.82. The molecule has 2 aromatic carbocycles. The van der Waals surface area contributed by atoms with Gasteiger partial charge in [0.2, 0.25) is 5.91 Å². The third kappa shape index (κ3) is 3.70. The van der Waals surface area contributed by atoms with Crippen LogP contribution in [0.3, 0.4) is 0 Å². The van der Waals surface area contributed by atoms with Gasteiger partial charge in [0.25, 0.3) is 0 Å². The van der Waals surface area contributed by atoms with Crippen molar-refractivity contribution in [2.45, 2.75) is 12.5 Å². The summed E-state index contributed by atoms with van der Waals surface area (Å²) in [5, 5.41) is 0.239. The van der Waals surface area contributed by atoms with Crippen LogP contribution in [-0.4, -0.2) is 38.0 Å². The number of aromatic nitrogens is 3.